The number of carbonyl (C=O) groups excluding carboxylic acids is 1. The molecule has 2 nitrogen and oxygen atoms in total. The Morgan fingerprint density at radius 2 is 2.06 bits per heavy atom. The third kappa shape index (κ3) is 3.73. The van der Waals surface area contributed by atoms with Crippen molar-refractivity contribution in [1.82, 2.24) is 0 Å². The standard InChI is InChI=1S/C16H23NO/c1-6-7-12(4)16(18)17-14-8-9-15(11(2)3)13(5)10-14/h7-11H,6H2,1-5H3,(H,17,18)/b12-7+. The van der Waals surface area contributed by atoms with Crippen LogP contribution in [0.15, 0.2) is 29.8 Å². The van der Waals surface area contributed by atoms with Crippen LogP contribution in [0.2, 0.25) is 0 Å². The average molecular weight is 245 g/mol. The summed E-state index contributed by atoms with van der Waals surface area (Å²) in [7, 11) is 0. The molecule has 0 aliphatic rings. The second kappa shape index (κ2) is 6.39. The second-order valence-electron chi connectivity index (χ2n) is 4.98. The fourth-order valence-electron chi connectivity index (χ4n) is 2.03. The van der Waals surface area contributed by atoms with E-state index in [0.717, 1.165) is 17.7 Å². The first-order valence-corrected chi connectivity index (χ1v) is 6.54. The molecule has 0 aromatic heterocycles. The number of hydrogen-bond donors (Lipinski definition) is 1. The third-order valence-electron chi connectivity index (χ3n) is 3.02. The summed E-state index contributed by atoms with van der Waals surface area (Å²) in [6.07, 6.45) is 2.81. The summed E-state index contributed by atoms with van der Waals surface area (Å²) in [5, 5.41) is 2.93. The number of anilines is 1. The zero-order valence-electron chi connectivity index (χ0n) is 12.0. The van der Waals surface area contributed by atoms with Gasteiger partial charge < -0.3 is 5.32 Å². The summed E-state index contributed by atoms with van der Waals surface area (Å²) in [5.74, 6) is 0.491. The molecular formula is C16H23NO. The van der Waals surface area contributed by atoms with Gasteiger partial charge in [-0.3, -0.25) is 4.79 Å². The molecule has 0 atom stereocenters. The first-order valence-electron chi connectivity index (χ1n) is 6.54. The Morgan fingerprint density at radius 1 is 1.39 bits per heavy atom. The number of amides is 1. The minimum absolute atomic E-state index is 0.0199. The van der Waals surface area contributed by atoms with Gasteiger partial charge in [0.25, 0.3) is 5.91 Å². The zero-order chi connectivity index (χ0) is 13.7. The van der Waals surface area contributed by atoms with Gasteiger partial charge >= 0.3 is 0 Å². The van der Waals surface area contributed by atoms with Crippen LogP contribution in [0.5, 0.6) is 0 Å². The number of rotatable bonds is 4. The summed E-state index contributed by atoms with van der Waals surface area (Å²) in [4.78, 5) is 11.9. The van der Waals surface area contributed by atoms with Gasteiger partial charge in [-0.2, -0.15) is 0 Å². The summed E-state index contributed by atoms with van der Waals surface area (Å²) in [6, 6.07) is 6.10. The molecule has 1 aromatic rings. The Bertz CT molecular complexity index is 458. The van der Waals surface area contributed by atoms with Crippen LogP contribution in [0, 0.1) is 6.92 Å². The Kier molecular flexibility index (Phi) is 5.14. The fraction of sp³-hybridized carbons (Fsp3) is 0.438. The zero-order valence-corrected chi connectivity index (χ0v) is 12.0. The highest BCUT2D eigenvalue weighted by atomic mass is 16.1. The lowest BCUT2D eigenvalue weighted by atomic mass is 9.97. The van der Waals surface area contributed by atoms with Crippen LogP contribution < -0.4 is 5.32 Å². The maximum absolute atomic E-state index is 11.9. The van der Waals surface area contributed by atoms with Crippen molar-refractivity contribution in [1.29, 1.82) is 0 Å². The Balaban J connectivity index is 2.84. The lowest BCUT2D eigenvalue weighted by molar-refractivity contribution is -0.112. The molecule has 0 aliphatic carbocycles. The predicted molar refractivity (Wildman–Crippen MR) is 77.9 cm³/mol. The molecule has 0 unspecified atom stereocenters. The highest BCUT2D eigenvalue weighted by Gasteiger charge is 2.07. The molecule has 1 rings (SSSR count). The molecule has 98 valence electrons. The van der Waals surface area contributed by atoms with Crippen LogP contribution in [-0.4, -0.2) is 5.91 Å². The summed E-state index contributed by atoms with van der Waals surface area (Å²) in [5.41, 5.74) is 4.18. The maximum Gasteiger partial charge on any atom is 0.250 e. The van der Waals surface area contributed by atoms with E-state index in [4.69, 9.17) is 0 Å². The van der Waals surface area contributed by atoms with E-state index >= 15 is 0 Å². The number of benzene rings is 1. The molecule has 0 spiro atoms. The van der Waals surface area contributed by atoms with Crippen molar-refractivity contribution in [3.05, 3.63) is 41.0 Å². The van der Waals surface area contributed by atoms with Crippen molar-refractivity contribution in [3.8, 4) is 0 Å². The number of carbonyl (C=O) groups is 1. The minimum atomic E-state index is -0.0199. The van der Waals surface area contributed by atoms with Gasteiger partial charge in [0.2, 0.25) is 0 Å². The van der Waals surface area contributed by atoms with Gasteiger partial charge in [0, 0.05) is 11.3 Å². The van der Waals surface area contributed by atoms with E-state index in [1.54, 1.807) is 0 Å². The van der Waals surface area contributed by atoms with Crippen molar-refractivity contribution in [3.63, 3.8) is 0 Å². The van der Waals surface area contributed by atoms with Crippen molar-refractivity contribution in [2.24, 2.45) is 0 Å². The molecule has 1 N–H and O–H groups in total. The largest absolute Gasteiger partial charge is 0.322 e. The van der Waals surface area contributed by atoms with Gasteiger partial charge in [-0.15, -0.1) is 0 Å². The molecule has 0 saturated carbocycles. The third-order valence-corrected chi connectivity index (χ3v) is 3.02. The van der Waals surface area contributed by atoms with Crippen molar-refractivity contribution in [2.75, 3.05) is 5.32 Å². The van der Waals surface area contributed by atoms with E-state index in [1.165, 1.54) is 11.1 Å². The lowest BCUT2D eigenvalue weighted by Gasteiger charge is -2.12. The lowest BCUT2D eigenvalue weighted by Crippen LogP contribution is -2.12. The first-order chi connectivity index (χ1) is 8.45. The molecule has 2 heteroatoms. The van der Waals surface area contributed by atoms with Gasteiger partial charge in [-0.1, -0.05) is 32.9 Å². The number of nitrogens with one attached hydrogen (secondary N) is 1. The Morgan fingerprint density at radius 3 is 2.56 bits per heavy atom. The number of hydrogen-bond acceptors (Lipinski definition) is 1. The minimum Gasteiger partial charge on any atom is -0.322 e. The van der Waals surface area contributed by atoms with Crippen molar-refractivity contribution >= 4 is 11.6 Å². The number of aryl methyl sites for hydroxylation is 1. The Hall–Kier alpha value is -1.57. The van der Waals surface area contributed by atoms with Crippen molar-refractivity contribution < 1.29 is 4.79 Å². The Labute approximate surface area is 110 Å². The van der Waals surface area contributed by atoms with Crippen LogP contribution in [0.3, 0.4) is 0 Å². The van der Waals surface area contributed by atoms with E-state index in [1.807, 2.05) is 32.1 Å². The molecule has 0 aliphatic heterocycles. The molecule has 0 bridgehead atoms. The quantitative estimate of drug-likeness (QED) is 0.782. The van der Waals surface area contributed by atoms with Gasteiger partial charge in [-0.05, 0) is 49.4 Å². The molecule has 0 heterocycles. The summed E-state index contributed by atoms with van der Waals surface area (Å²) < 4.78 is 0. The first kappa shape index (κ1) is 14.5. The molecule has 0 fully saturated rings. The van der Waals surface area contributed by atoms with E-state index in [0.29, 0.717) is 5.92 Å². The smallest absolute Gasteiger partial charge is 0.250 e. The molecular weight excluding hydrogens is 222 g/mol. The van der Waals surface area contributed by atoms with Crippen LogP contribution in [-0.2, 0) is 4.79 Å². The maximum atomic E-state index is 11.9. The van der Waals surface area contributed by atoms with Gasteiger partial charge in [-0.25, -0.2) is 0 Å². The van der Waals surface area contributed by atoms with E-state index in [9.17, 15) is 4.79 Å². The number of allylic oxidation sites excluding steroid dienone is 1. The fourth-order valence-corrected chi connectivity index (χ4v) is 2.03. The molecule has 1 aromatic carbocycles. The van der Waals surface area contributed by atoms with E-state index in [2.05, 4.69) is 32.2 Å². The van der Waals surface area contributed by atoms with E-state index < -0.39 is 0 Å². The molecule has 0 radical (unpaired) electrons. The van der Waals surface area contributed by atoms with Crippen LogP contribution in [0.25, 0.3) is 0 Å². The summed E-state index contributed by atoms with van der Waals surface area (Å²) in [6.45, 7) is 10.3. The molecule has 18 heavy (non-hydrogen) atoms. The average Bonchev–Trinajstić information content (AvgIpc) is 2.28. The van der Waals surface area contributed by atoms with Crippen molar-refractivity contribution in [2.45, 2.75) is 47.0 Å². The highest BCUT2D eigenvalue weighted by molar-refractivity contribution is 6.03. The highest BCUT2D eigenvalue weighted by Crippen LogP contribution is 2.22. The monoisotopic (exact) mass is 245 g/mol. The van der Waals surface area contributed by atoms with Gasteiger partial charge in [0.1, 0.15) is 0 Å². The van der Waals surface area contributed by atoms with Gasteiger partial charge in [0.15, 0.2) is 0 Å². The second-order valence-corrected chi connectivity index (χ2v) is 4.98. The van der Waals surface area contributed by atoms with E-state index in [-0.39, 0.29) is 5.91 Å². The topological polar surface area (TPSA) is 29.1 Å². The summed E-state index contributed by atoms with van der Waals surface area (Å²) >= 11 is 0. The van der Waals surface area contributed by atoms with Crippen LogP contribution in [0.1, 0.15) is 51.2 Å². The molecule has 0 saturated heterocycles. The van der Waals surface area contributed by atoms with Crippen LogP contribution >= 0.6 is 0 Å². The predicted octanol–water partition coefficient (Wildman–Crippen LogP) is 4.41. The normalized spacial score (nSPS) is 11.8. The SMILES string of the molecule is CC/C=C(\C)C(=O)Nc1ccc(C(C)C)c(C)c1. The van der Waals surface area contributed by atoms with Gasteiger partial charge in [0.05, 0.1) is 0 Å². The molecule has 1 amide bonds. The van der Waals surface area contributed by atoms with Crippen LogP contribution in [0.4, 0.5) is 5.69 Å².